The van der Waals surface area contributed by atoms with Crippen molar-refractivity contribution < 1.29 is 127 Å². The molecule has 17 N–H and O–H groups in total. The molecule has 7 amide bonds. The van der Waals surface area contributed by atoms with E-state index in [2.05, 4.69) is 87.9 Å². The first-order chi connectivity index (χ1) is 62.5. The number of hydrogen-bond acceptors (Lipinski definition) is 28. The van der Waals surface area contributed by atoms with E-state index in [1.807, 2.05) is 50.1 Å². The summed E-state index contributed by atoms with van der Waals surface area (Å²) in [5.41, 5.74) is 7.08. The van der Waals surface area contributed by atoms with Gasteiger partial charge in [0.15, 0.2) is 29.2 Å². The smallest absolute Gasteiger partial charge is 0.407 e. The van der Waals surface area contributed by atoms with Crippen LogP contribution in [0.4, 0.5) is 15.3 Å². The number of likely N-dealkylation sites (N-methyl/N-ethyl adjacent to an activating group) is 1. The molecule has 5 aliphatic heterocycles. The van der Waals surface area contributed by atoms with Crippen LogP contribution in [0.25, 0.3) is 10.9 Å². The number of urea groups is 1. The summed E-state index contributed by atoms with van der Waals surface area (Å²) >= 11 is 0. The van der Waals surface area contributed by atoms with Crippen LogP contribution in [0.3, 0.4) is 0 Å². The molecule has 5 aromatic rings. The number of benzene rings is 4. The molecule has 11 rings (SSSR count). The van der Waals surface area contributed by atoms with Crippen molar-refractivity contribution in [2.45, 2.75) is 194 Å². The monoisotopic (exact) mass is 1860 g/mol. The number of carbonyl (C=O) groups is 14. The summed E-state index contributed by atoms with van der Waals surface area (Å²) in [7, 11) is 5.54. The van der Waals surface area contributed by atoms with Gasteiger partial charge in [-0.2, -0.15) is 9.59 Å². The van der Waals surface area contributed by atoms with Gasteiger partial charge in [0, 0.05) is 152 Å². The summed E-state index contributed by atoms with van der Waals surface area (Å²) in [5.74, 6) is -13.6. The molecule has 17 atom stereocenters. The Morgan fingerprint density at radius 2 is 1.39 bits per heavy atom. The first-order valence-corrected chi connectivity index (χ1v) is 46.0. The van der Waals surface area contributed by atoms with Gasteiger partial charge >= 0.3 is 42.2 Å². The molecule has 1 saturated carbocycles. The van der Waals surface area contributed by atoms with Gasteiger partial charge in [0.05, 0.1) is 56.1 Å². The molecular formula is C91H116N12O26S2. The molecule has 2 bridgehead atoms. The Morgan fingerprint density at radius 1 is 0.710 bits per heavy atom. The van der Waals surface area contributed by atoms with Gasteiger partial charge in [-0.05, 0) is 112 Å². The third-order valence-electron chi connectivity index (χ3n) is 26.2. The van der Waals surface area contributed by atoms with Crippen molar-refractivity contribution in [2.24, 2.45) is 28.9 Å². The number of piperidine rings is 1. The maximum absolute atomic E-state index is 15.4. The Kier molecular flexibility index (Phi) is 35.2. The molecule has 3 fully saturated rings. The van der Waals surface area contributed by atoms with E-state index >= 15 is 4.79 Å². The topological polar surface area (TPSA) is 578 Å². The quantitative estimate of drug-likeness (QED) is 0.00874. The van der Waals surface area contributed by atoms with Gasteiger partial charge in [-0.25, -0.2) is 14.4 Å². The number of methoxy groups -OCH3 is 1. The number of carbonyl (C=O) groups excluding carboxylic acids is 12. The number of aromatic nitrogens is 1. The number of fused-ring (bicyclic) bond motifs is 6. The van der Waals surface area contributed by atoms with E-state index in [-0.39, 0.29) is 74.9 Å². The lowest BCUT2D eigenvalue weighted by Gasteiger charge is -2.63. The summed E-state index contributed by atoms with van der Waals surface area (Å²) in [4.78, 5) is 210. The van der Waals surface area contributed by atoms with E-state index in [4.69, 9.17) is 29.9 Å². The van der Waals surface area contributed by atoms with Crippen LogP contribution >= 0.6 is 21.6 Å². The predicted octanol–water partition coefficient (Wildman–Crippen LogP) is 3.20. The maximum Gasteiger partial charge on any atom is 0.407 e. The lowest BCUT2D eigenvalue weighted by Crippen LogP contribution is -2.81. The van der Waals surface area contributed by atoms with E-state index in [0.717, 1.165) is 74.5 Å². The highest BCUT2D eigenvalue weighted by atomic mass is 33.1. The first kappa shape index (κ1) is 102. The standard InChI is InChI=1S/C90H116N12O24S2.CO2/c1-6-87(122)45-54-44-86(3,76-58(28-33-101(48-54)50-87)57-21-14-15-22-62(57)96-76)60-41-59-66(43-69(60)124-5)100(4)82-89(59)30-34-102-32-16-29-88(7-2,81(89)102)83(119)90(82,123)70(106)47-94-85(121)125-35-36-127-128-49-56(79(115)116)40-68(105)65(42-75(111)112)97-78(114)61(91)46-93-77(113)55(37-52-17-10-8-11-18-52)39-67(104)64(38-53-19-12-9-13-20-53)95-72(108)27-31-92-71(107)24-23-63(80(117)118)98-84(120)99-73(126-51-103)25-26-74(109)110;2-1-3/h8-22,29,41,43,51,54-56,61,63-65,73,81-83,96,119,122-123H,6-7,23-28,30-40,42,44-50,91H2,1-5H3,(H,92,107)(H,93,113)(H,94,121)(H,95,108)(H,97,114)(H,109,110)(H,111,112)(H,115,116)(H,117,118)(H2,98,99,120);/t54?,55-,56+,61+,63+,64+,65+,73-,81+,82?,83-,86-,87+,88-,89-,90+;/m1./s1. The van der Waals surface area contributed by atoms with E-state index in [0.29, 0.717) is 68.6 Å². The normalized spacial score (nSPS) is 24.2. The van der Waals surface area contributed by atoms with Crippen LogP contribution in [-0.4, -0.2) is 285 Å². The van der Waals surface area contributed by atoms with Gasteiger partial charge in [-0.1, -0.05) is 126 Å². The lowest BCUT2D eigenvalue weighted by atomic mass is 9.47. The molecule has 38 nitrogen and oxygen atoms in total. The van der Waals surface area contributed by atoms with Gasteiger partial charge in [0.1, 0.15) is 30.5 Å². The number of H-pyrrole nitrogens is 1. The number of nitrogens with one attached hydrogen (secondary N) is 8. The molecule has 2 saturated heterocycles. The first-order valence-electron chi connectivity index (χ1n) is 43.6. The van der Waals surface area contributed by atoms with Crippen LogP contribution in [0.15, 0.2) is 109 Å². The lowest BCUT2D eigenvalue weighted by molar-refractivity contribution is -0.201. The highest BCUT2D eigenvalue weighted by Gasteiger charge is 2.78. The number of alkyl carbamates (subject to hydrolysis) is 1. The van der Waals surface area contributed by atoms with Crippen LogP contribution in [0.2, 0.25) is 0 Å². The minimum absolute atomic E-state index is 0.0339. The fourth-order valence-electron chi connectivity index (χ4n) is 20.1. The van der Waals surface area contributed by atoms with Crippen molar-refractivity contribution in [3.8, 4) is 5.75 Å². The molecule has 3 unspecified atom stereocenters. The molecule has 40 heteroatoms. The largest absolute Gasteiger partial charge is 0.496 e. The number of ether oxygens (including phenoxy) is 3. The number of carboxylic acids is 4. The Bertz CT molecular complexity index is 5060. The number of aromatic amines is 1. The molecule has 1 aliphatic carbocycles. The summed E-state index contributed by atoms with van der Waals surface area (Å²) in [6.45, 7) is 7.63. The summed E-state index contributed by atoms with van der Waals surface area (Å²) in [5, 5.41) is 95.6. The number of aliphatic hydroxyl groups excluding tert-OH is 1. The SMILES string of the molecule is CC[C@]1(O)CC2CN(CCc3c([nH]c4ccccc34)[C@@](C)(c3cc4c(cc3OC)N(C)C3[C@]45CCN4CC=C[C@@](CC)([C@@H](O)[C@]3(O)C(=O)CNC(=O)OCCSSC[C@H](CC(=O)[C@H](CC(=O)O)NC(=O)[C@@H](N)CNC(=O)[C@@H](CC(=O)[C@H](Cc3ccccc3)NC(=O)CCNC(=O)CC[C@H](NC(=O)N[C@@H](CCC(=O)O)OC=O)C(=O)O)Cc3ccccc3)C(=O)O)[C@H]45)C2)C1.O=C=O. The van der Waals surface area contributed by atoms with E-state index in [9.17, 15) is 93.0 Å². The van der Waals surface area contributed by atoms with Crippen molar-refractivity contribution in [2.75, 3.05) is 89.5 Å². The average Bonchev–Trinajstić information content (AvgIpc) is 1.57. The van der Waals surface area contributed by atoms with E-state index < -0.39 is 210 Å². The average molecular weight is 1860 g/mol. The fraction of sp³-hybridized carbons (Fsp3) is 0.527. The third kappa shape index (κ3) is 24.0. The second kappa shape index (κ2) is 45.5. The number of nitrogens with zero attached hydrogens (tertiary/aromatic N) is 3. The van der Waals surface area contributed by atoms with Gasteiger partial charge in [0.25, 0.3) is 6.47 Å². The number of Topliss-reactive ketones (excluding diaryl/α,β-unsaturated/α-hetero) is 3. The molecule has 6 aliphatic rings. The van der Waals surface area contributed by atoms with E-state index in [1.54, 1.807) is 67.8 Å². The second-order valence-electron chi connectivity index (χ2n) is 34.5. The van der Waals surface area contributed by atoms with Gasteiger partial charge < -0.3 is 103 Å². The number of aliphatic hydroxyl groups is 3. The minimum Gasteiger partial charge on any atom is -0.496 e. The number of rotatable bonds is 46. The number of hydrogen-bond donors (Lipinski definition) is 16. The van der Waals surface area contributed by atoms with E-state index in [1.165, 1.54) is 5.56 Å². The minimum atomic E-state index is -2.50. The molecule has 131 heavy (non-hydrogen) atoms. The summed E-state index contributed by atoms with van der Waals surface area (Å²) in [6, 6.07) is 20.8. The van der Waals surface area contributed by atoms with Gasteiger partial charge in [0.2, 0.25) is 23.6 Å². The highest BCUT2D eigenvalue weighted by molar-refractivity contribution is 8.76. The van der Waals surface area contributed by atoms with Crippen molar-refractivity contribution in [3.05, 3.63) is 143 Å². The zero-order valence-corrected chi connectivity index (χ0v) is 75.2. The van der Waals surface area contributed by atoms with Gasteiger partial charge in [-0.15, -0.1) is 0 Å². The van der Waals surface area contributed by atoms with Crippen LogP contribution in [0, 0.1) is 23.2 Å². The summed E-state index contributed by atoms with van der Waals surface area (Å²) in [6.07, 6.45) is -0.844. The zero-order chi connectivity index (χ0) is 95.3. The second-order valence-corrected chi connectivity index (χ2v) is 37.2. The third-order valence-corrected chi connectivity index (χ3v) is 28.6. The molecule has 708 valence electrons. The predicted molar refractivity (Wildman–Crippen MR) is 476 cm³/mol. The van der Waals surface area contributed by atoms with Crippen molar-refractivity contribution in [1.29, 1.82) is 0 Å². The number of para-hydroxylation sites is 1. The molecule has 1 spiro atoms. The molecule has 6 heterocycles. The number of anilines is 1. The van der Waals surface area contributed by atoms with Crippen molar-refractivity contribution in [1.82, 2.24) is 52.0 Å². The summed E-state index contributed by atoms with van der Waals surface area (Å²) < 4.78 is 16.6. The van der Waals surface area contributed by atoms with Crippen molar-refractivity contribution in [3.63, 3.8) is 0 Å². The van der Waals surface area contributed by atoms with Crippen LogP contribution < -0.4 is 52.6 Å². The van der Waals surface area contributed by atoms with Crippen LogP contribution in [-0.2, 0) is 107 Å². The van der Waals surface area contributed by atoms with Crippen LogP contribution in [0.1, 0.15) is 138 Å². The molecule has 0 radical (unpaired) electrons. The Morgan fingerprint density at radius 3 is 2.05 bits per heavy atom. The molecule has 4 aromatic carbocycles. The Balaban J connectivity index is 0.00000586. The number of amides is 7. The number of carboxylic acid groups (broad SMARTS) is 4. The van der Waals surface area contributed by atoms with Crippen LogP contribution in [0.5, 0.6) is 5.75 Å². The highest BCUT2D eigenvalue weighted by Crippen LogP contribution is 2.68. The maximum atomic E-state index is 15.4. The Hall–Kier alpha value is -11.6. The number of nitrogens with two attached hydrogens (primary N) is 1. The molecule has 1 aromatic heterocycles. The zero-order valence-electron chi connectivity index (χ0n) is 73.5. The number of ketones is 3. The fourth-order valence-corrected chi connectivity index (χ4v) is 22.2. The van der Waals surface area contributed by atoms with Crippen molar-refractivity contribution >= 4 is 128 Å². The molecular weight excluding hydrogens is 1740 g/mol. The Labute approximate surface area is 763 Å². The number of aliphatic carboxylic acids is 4. The van der Waals surface area contributed by atoms with Gasteiger partial charge in [-0.3, -0.25) is 62.5 Å².